The Kier molecular flexibility index (Phi) is 6.81. The van der Waals surface area contributed by atoms with Crippen LogP contribution in [0.25, 0.3) is 21.9 Å². The second-order valence-corrected chi connectivity index (χ2v) is 8.79. The van der Waals surface area contributed by atoms with E-state index in [9.17, 15) is 0 Å². The molecule has 0 unspecified atom stereocenters. The summed E-state index contributed by atoms with van der Waals surface area (Å²) in [7, 11) is 1.71. The van der Waals surface area contributed by atoms with Gasteiger partial charge < -0.3 is 14.4 Å². The minimum absolute atomic E-state index is 0.831. The van der Waals surface area contributed by atoms with E-state index in [0.29, 0.717) is 0 Å². The lowest BCUT2D eigenvalue weighted by atomic mass is 9.92. The maximum atomic E-state index is 6.61. The summed E-state index contributed by atoms with van der Waals surface area (Å²) < 4.78 is 12.1. The van der Waals surface area contributed by atoms with E-state index in [2.05, 4.69) is 65.7 Å². The van der Waals surface area contributed by atoms with E-state index >= 15 is 0 Å². The van der Waals surface area contributed by atoms with Crippen molar-refractivity contribution in [3.05, 3.63) is 103 Å². The molecule has 4 aromatic carbocycles. The number of fused-ring (bicyclic) bond motifs is 1. The quantitative estimate of drug-likeness (QED) is 0.287. The van der Waals surface area contributed by atoms with Gasteiger partial charge in [-0.15, -0.1) is 0 Å². The second kappa shape index (κ2) is 10.5. The summed E-state index contributed by atoms with van der Waals surface area (Å²) in [5.74, 6) is 2.57. The molecule has 0 radical (unpaired) electrons. The van der Waals surface area contributed by atoms with Crippen LogP contribution in [-0.4, -0.2) is 25.1 Å². The van der Waals surface area contributed by atoms with E-state index in [1.807, 2.05) is 36.4 Å². The van der Waals surface area contributed by atoms with Gasteiger partial charge in [-0.25, -0.2) is 0 Å². The monoisotopic (exact) mass is 449 g/mol. The summed E-state index contributed by atoms with van der Waals surface area (Å²) in [6, 6.07) is 29.1. The topological polar surface area (TPSA) is 21.7 Å². The Balaban J connectivity index is 1.65. The fraction of sp³-hybridized carbons (Fsp3) is 0.226. The van der Waals surface area contributed by atoms with Gasteiger partial charge in [0.05, 0.1) is 7.11 Å². The van der Waals surface area contributed by atoms with Crippen LogP contribution in [0.5, 0.6) is 17.2 Å². The molecule has 1 heterocycles. The number of allylic oxidation sites excluding steroid dienone is 1. The molecule has 34 heavy (non-hydrogen) atoms. The first-order chi connectivity index (χ1) is 16.8. The van der Waals surface area contributed by atoms with E-state index in [1.54, 1.807) is 7.11 Å². The number of benzene rings is 4. The summed E-state index contributed by atoms with van der Waals surface area (Å²) in [6.07, 6.45) is 9.32. The number of likely N-dealkylation sites (tertiary alicyclic amines) is 1. The first kappa shape index (κ1) is 22.1. The molecule has 0 N–H and O–H groups in total. The highest BCUT2D eigenvalue weighted by Crippen LogP contribution is 2.43. The lowest BCUT2D eigenvalue weighted by Gasteiger charge is -2.25. The Morgan fingerprint density at radius 1 is 0.794 bits per heavy atom. The van der Waals surface area contributed by atoms with Crippen LogP contribution in [0.3, 0.4) is 0 Å². The summed E-state index contributed by atoms with van der Waals surface area (Å²) in [4.78, 5) is 2.44. The molecule has 0 bridgehead atoms. The van der Waals surface area contributed by atoms with Crippen molar-refractivity contribution in [1.29, 1.82) is 0 Å². The van der Waals surface area contributed by atoms with Crippen LogP contribution in [0.4, 0.5) is 0 Å². The lowest BCUT2D eigenvalue weighted by molar-refractivity contribution is 0.309. The summed E-state index contributed by atoms with van der Waals surface area (Å²) in [5, 5.41) is 2.19. The molecule has 1 fully saturated rings. The fourth-order valence-corrected chi connectivity index (χ4v) is 4.73. The number of methoxy groups -OCH3 is 1. The van der Waals surface area contributed by atoms with E-state index in [0.717, 1.165) is 58.7 Å². The third kappa shape index (κ3) is 4.94. The molecule has 0 atom stereocenters. The number of hydrogen-bond donors (Lipinski definition) is 0. The van der Waals surface area contributed by atoms with Gasteiger partial charge in [-0.3, -0.25) is 0 Å². The van der Waals surface area contributed by atoms with Gasteiger partial charge in [0.1, 0.15) is 17.2 Å². The SMILES string of the molecule is COc1ccc2c(Oc3ccccc3)c(-c3ccccc3)c(CC=CN3CCCCC3)cc2c1. The van der Waals surface area contributed by atoms with Gasteiger partial charge >= 0.3 is 0 Å². The molecule has 1 aliphatic heterocycles. The maximum Gasteiger partial charge on any atom is 0.143 e. The number of para-hydroxylation sites is 1. The van der Waals surface area contributed by atoms with Gasteiger partial charge in [0.2, 0.25) is 0 Å². The molecule has 0 spiro atoms. The Morgan fingerprint density at radius 2 is 1.53 bits per heavy atom. The minimum Gasteiger partial charge on any atom is -0.497 e. The van der Waals surface area contributed by atoms with Crippen molar-refractivity contribution in [2.75, 3.05) is 20.2 Å². The number of nitrogens with zero attached hydrogens (tertiary/aromatic N) is 1. The number of ether oxygens (including phenoxy) is 2. The van der Waals surface area contributed by atoms with Gasteiger partial charge in [-0.05, 0) is 84.8 Å². The first-order valence-electron chi connectivity index (χ1n) is 12.1. The van der Waals surface area contributed by atoms with Crippen LogP contribution < -0.4 is 9.47 Å². The van der Waals surface area contributed by atoms with Crippen LogP contribution in [0.15, 0.2) is 97.2 Å². The Morgan fingerprint density at radius 3 is 2.26 bits per heavy atom. The third-order valence-electron chi connectivity index (χ3n) is 6.45. The third-order valence-corrected chi connectivity index (χ3v) is 6.45. The van der Waals surface area contributed by atoms with Gasteiger partial charge in [-0.1, -0.05) is 54.6 Å². The van der Waals surface area contributed by atoms with E-state index in [-0.39, 0.29) is 0 Å². The van der Waals surface area contributed by atoms with Crippen LogP contribution in [0.2, 0.25) is 0 Å². The molecule has 3 heteroatoms. The zero-order valence-electron chi connectivity index (χ0n) is 19.7. The molecule has 172 valence electrons. The molecule has 5 rings (SSSR count). The standard InChI is InChI=1S/C31H31NO2/c1-33-28-17-18-29-26(23-28)22-25(14-11-21-32-19-9-4-10-20-32)30(24-12-5-2-6-13-24)31(29)34-27-15-7-3-8-16-27/h2-3,5-8,11-13,15-18,21-23H,4,9-10,14,19-20H2,1H3. The highest BCUT2D eigenvalue weighted by molar-refractivity contribution is 5.98. The molecule has 0 aromatic heterocycles. The summed E-state index contributed by atoms with van der Waals surface area (Å²) in [5.41, 5.74) is 3.55. The van der Waals surface area contributed by atoms with Crippen LogP contribution in [0.1, 0.15) is 24.8 Å². The summed E-state index contributed by atoms with van der Waals surface area (Å²) in [6.45, 7) is 2.30. The molecule has 0 aliphatic carbocycles. The zero-order chi connectivity index (χ0) is 23.2. The highest BCUT2D eigenvalue weighted by Gasteiger charge is 2.18. The van der Waals surface area contributed by atoms with Crippen molar-refractivity contribution in [1.82, 2.24) is 4.90 Å². The Bertz CT molecular complexity index is 1260. The van der Waals surface area contributed by atoms with Crippen LogP contribution in [0, 0.1) is 0 Å². The van der Waals surface area contributed by atoms with Crippen molar-refractivity contribution < 1.29 is 9.47 Å². The summed E-state index contributed by atoms with van der Waals surface area (Å²) >= 11 is 0. The lowest BCUT2D eigenvalue weighted by Crippen LogP contribution is -2.24. The van der Waals surface area contributed by atoms with Gasteiger partial charge in [0.25, 0.3) is 0 Å². The van der Waals surface area contributed by atoms with Crippen molar-refractivity contribution in [3.8, 4) is 28.4 Å². The zero-order valence-corrected chi connectivity index (χ0v) is 19.7. The molecular weight excluding hydrogens is 418 g/mol. The molecule has 3 nitrogen and oxygen atoms in total. The predicted molar refractivity (Wildman–Crippen MR) is 141 cm³/mol. The van der Waals surface area contributed by atoms with Gasteiger partial charge in [0, 0.05) is 24.0 Å². The minimum atomic E-state index is 0.831. The normalized spacial score (nSPS) is 14.0. The average molecular weight is 450 g/mol. The molecule has 1 aliphatic rings. The van der Waals surface area contributed by atoms with Crippen molar-refractivity contribution in [2.24, 2.45) is 0 Å². The predicted octanol–water partition coefficient (Wildman–Crippen LogP) is 7.85. The number of piperidine rings is 1. The van der Waals surface area contributed by atoms with Crippen molar-refractivity contribution in [3.63, 3.8) is 0 Å². The first-order valence-corrected chi connectivity index (χ1v) is 12.1. The Labute approximate surface area is 202 Å². The number of hydrogen-bond acceptors (Lipinski definition) is 3. The Hall–Kier alpha value is -3.72. The molecular formula is C31H31NO2. The van der Waals surface area contributed by atoms with E-state index < -0.39 is 0 Å². The largest absolute Gasteiger partial charge is 0.497 e. The maximum absolute atomic E-state index is 6.61. The molecule has 0 amide bonds. The smallest absolute Gasteiger partial charge is 0.143 e. The average Bonchev–Trinajstić information content (AvgIpc) is 2.90. The van der Waals surface area contributed by atoms with E-state index in [1.165, 1.54) is 24.8 Å². The molecule has 4 aromatic rings. The van der Waals surface area contributed by atoms with Crippen molar-refractivity contribution >= 4 is 10.8 Å². The van der Waals surface area contributed by atoms with Gasteiger partial charge in [0.15, 0.2) is 0 Å². The van der Waals surface area contributed by atoms with Crippen LogP contribution >= 0.6 is 0 Å². The van der Waals surface area contributed by atoms with Gasteiger partial charge in [-0.2, -0.15) is 0 Å². The highest BCUT2D eigenvalue weighted by atomic mass is 16.5. The molecule has 0 saturated carbocycles. The van der Waals surface area contributed by atoms with Crippen LogP contribution in [-0.2, 0) is 6.42 Å². The van der Waals surface area contributed by atoms with Crippen molar-refractivity contribution in [2.45, 2.75) is 25.7 Å². The number of rotatable bonds is 7. The molecule has 1 saturated heterocycles. The van der Waals surface area contributed by atoms with E-state index in [4.69, 9.17) is 9.47 Å². The fourth-order valence-electron chi connectivity index (χ4n) is 4.73. The second-order valence-electron chi connectivity index (χ2n) is 8.79.